The summed E-state index contributed by atoms with van der Waals surface area (Å²) in [7, 11) is 0. The Labute approximate surface area is 123 Å². The van der Waals surface area contributed by atoms with Crippen molar-refractivity contribution in [3.8, 4) is 11.8 Å². The SMILES string of the molecule is NCC#Cc1ccsc1CNC(=O)C1CC2CCC1C2. The van der Waals surface area contributed by atoms with Gasteiger partial charge in [-0.2, -0.15) is 0 Å². The van der Waals surface area contributed by atoms with E-state index in [2.05, 4.69) is 17.2 Å². The number of hydrogen-bond acceptors (Lipinski definition) is 3. The quantitative estimate of drug-likeness (QED) is 0.837. The Morgan fingerprint density at radius 1 is 1.45 bits per heavy atom. The Balaban J connectivity index is 1.57. The standard InChI is InChI=1S/C16H20N2OS/c17-6-1-2-12-5-7-20-15(12)10-18-16(19)14-9-11-3-4-13(14)8-11/h5,7,11,13-14H,3-4,6,8-10,17H2,(H,18,19). The van der Waals surface area contributed by atoms with E-state index >= 15 is 0 Å². The fourth-order valence-electron chi connectivity index (χ4n) is 3.60. The van der Waals surface area contributed by atoms with Crippen molar-refractivity contribution in [3.63, 3.8) is 0 Å². The molecule has 0 saturated heterocycles. The predicted molar refractivity (Wildman–Crippen MR) is 81.0 cm³/mol. The summed E-state index contributed by atoms with van der Waals surface area (Å²) < 4.78 is 0. The third-order valence-electron chi connectivity index (χ3n) is 4.57. The Kier molecular flexibility index (Phi) is 4.09. The number of thiophene rings is 1. The van der Waals surface area contributed by atoms with Crippen LogP contribution in [-0.4, -0.2) is 12.5 Å². The number of nitrogens with one attached hydrogen (secondary N) is 1. The van der Waals surface area contributed by atoms with Crippen molar-refractivity contribution in [3.05, 3.63) is 21.9 Å². The van der Waals surface area contributed by atoms with Crippen molar-refractivity contribution in [2.24, 2.45) is 23.5 Å². The van der Waals surface area contributed by atoms with Crippen LogP contribution in [0.3, 0.4) is 0 Å². The molecule has 2 saturated carbocycles. The summed E-state index contributed by atoms with van der Waals surface area (Å²) in [4.78, 5) is 13.4. The van der Waals surface area contributed by atoms with E-state index in [0.29, 0.717) is 19.0 Å². The Hall–Kier alpha value is -1.31. The fourth-order valence-corrected chi connectivity index (χ4v) is 4.37. The molecular formula is C16H20N2OS. The van der Waals surface area contributed by atoms with Crippen LogP contribution >= 0.6 is 11.3 Å². The topological polar surface area (TPSA) is 55.1 Å². The number of rotatable bonds is 3. The molecule has 1 heterocycles. The van der Waals surface area contributed by atoms with Crippen molar-refractivity contribution in [1.29, 1.82) is 0 Å². The molecule has 106 valence electrons. The van der Waals surface area contributed by atoms with Crippen LogP contribution in [0.25, 0.3) is 0 Å². The Morgan fingerprint density at radius 2 is 2.35 bits per heavy atom. The Bertz CT molecular complexity index is 554. The lowest BCUT2D eigenvalue weighted by Gasteiger charge is -2.20. The average Bonchev–Trinajstić information content (AvgIpc) is 3.18. The van der Waals surface area contributed by atoms with Crippen LogP contribution in [-0.2, 0) is 11.3 Å². The normalized spacial score (nSPS) is 27.1. The molecule has 3 rings (SSSR count). The van der Waals surface area contributed by atoms with Crippen LogP contribution in [0.4, 0.5) is 0 Å². The van der Waals surface area contributed by atoms with Crippen molar-refractivity contribution >= 4 is 17.2 Å². The van der Waals surface area contributed by atoms with Gasteiger partial charge in [0.25, 0.3) is 0 Å². The molecule has 0 spiro atoms. The summed E-state index contributed by atoms with van der Waals surface area (Å²) >= 11 is 1.64. The van der Waals surface area contributed by atoms with Gasteiger partial charge in [0, 0.05) is 16.4 Å². The molecule has 2 aliphatic rings. The van der Waals surface area contributed by atoms with E-state index in [1.54, 1.807) is 11.3 Å². The molecule has 0 radical (unpaired) electrons. The van der Waals surface area contributed by atoms with Gasteiger partial charge in [-0.3, -0.25) is 4.79 Å². The van der Waals surface area contributed by atoms with E-state index in [0.717, 1.165) is 22.8 Å². The van der Waals surface area contributed by atoms with Gasteiger partial charge >= 0.3 is 0 Å². The third kappa shape index (κ3) is 2.74. The molecular weight excluding hydrogens is 268 g/mol. The predicted octanol–water partition coefficient (Wildman–Crippen LogP) is 2.11. The van der Waals surface area contributed by atoms with Crippen molar-refractivity contribution in [2.45, 2.75) is 32.2 Å². The molecule has 4 heteroatoms. The number of hydrogen-bond donors (Lipinski definition) is 2. The van der Waals surface area contributed by atoms with Crippen molar-refractivity contribution in [1.82, 2.24) is 5.32 Å². The summed E-state index contributed by atoms with van der Waals surface area (Å²) in [6.45, 7) is 0.964. The van der Waals surface area contributed by atoms with Crippen LogP contribution in [0.1, 0.15) is 36.1 Å². The van der Waals surface area contributed by atoms with Gasteiger partial charge in [-0.25, -0.2) is 0 Å². The lowest BCUT2D eigenvalue weighted by Crippen LogP contribution is -2.33. The van der Waals surface area contributed by atoms with Gasteiger partial charge in [0.15, 0.2) is 0 Å². The number of nitrogens with two attached hydrogens (primary N) is 1. The van der Waals surface area contributed by atoms with Crippen LogP contribution in [0, 0.1) is 29.6 Å². The highest BCUT2D eigenvalue weighted by Crippen LogP contribution is 2.48. The highest BCUT2D eigenvalue weighted by Gasteiger charge is 2.42. The fraction of sp³-hybridized carbons (Fsp3) is 0.562. The molecule has 2 bridgehead atoms. The van der Waals surface area contributed by atoms with Crippen LogP contribution in [0.15, 0.2) is 11.4 Å². The second-order valence-electron chi connectivity index (χ2n) is 5.76. The maximum absolute atomic E-state index is 12.3. The molecule has 3 atom stereocenters. The Morgan fingerprint density at radius 3 is 3.05 bits per heavy atom. The van der Waals surface area contributed by atoms with Crippen LogP contribution in [0.5, 0.6) is 0 Å². The first-order valence-corrected chi connectivity index (χ1v) is 8.19. The van der Waals surface area contributed by atoms with E-state index in [9.17, 15) is 4.79 Å². The maximum atomic E-state index is 12.3. The van der Waals surface area contributed by atoms with Gasteiger partial charge in [-0.1, -0.05) is 18.3 Å². The minimum Gasteiger partial charge on any atom is -0.351 e. The maximum Gasteiger partial charge on any atom is 0.223 e. The van der Waals surface area contributed by atoms with Gasteiger partial charge in [-0.15, -0.1) is 11.3 Å². The molecule has 3 N–H and O–H groups in total. The molecule has 3 nitrogen and oxygen atoms in total. The van der Waals surface area contributed by atoms with E-state index in [-0.39, 0.29) is 11.8 Å². The summed E-state index contributed by atoms with van der Waals surface area (Å²) in [6, 6.07) is 1.99. The second-order valence-corrected chi connectivity index (χ2v) is 6.76. The largest absolute Gasteiger partial charge is 0.351 e. The zero-order chi connectivity index (χ0) is 13.9. The van der Waals surface area contributed by atoms with Gasteiger partial charge < -0.3 is 11.1 Å². The van der Waals surface area contributed by atoms with Crippen LogP contribution < -0.4 is 11.1 Å². The number of carbonyl (C=O) groups is 1. The lowest BCUT2D eigenvalue weighted by molar-refractivity contribution is -0.126. The monoisotopic (exact) mass is 288 g/mol. The first-order valence-electron chi connectivity index (χ1n) is 7.31. The third-order valence-corrected chi connectivity index (χ3v) is 5.49. The average molecular weight is 288 g/mol. The second kappa shape index (κ2) is 5.99. The first-order chi connectivity index (χ1) is 9.78. The van der Waals surface area contributed by atoms with E-state index in [4.69, 9.17) is 5.73 Å². The summed E-state index contributed by atoms with van der Waals surface area (Å²) in [5.41, 5.74) is 6.39. The smallest absolute Gasteiger partial charge is 0.223 e. The highest BCUT2D eigenvalue weighted by molar-refractivity contribution is 7.10. The number of carbonyl (C=O) groups excluding carboxylic acids is 1. The van der Waals surface area contributed by atoms with Crippen molar-refractivity contribution in [2.75, 3.05) is 6.54 Å². The molecule has 1 aromatic rings. The molecule has 1 aromatic heterocycles. The molecule has 0 aromatic carbocycles. The van der Waals surface area contributed by atoms with Gasteiger partial charge in [0.1, 0.15) is 0 Å². The molecule has 2 aliphatic carbocycles. The molecule has 3 unspecified atom stereocenters. The summed E-state index contributed by atoms with van der Waals surface area (Å²) in [5.74, 6) is 7.87. The minimum absolute atomic E-state index is 0.239. The summed E-state index contributed by atoms with van der Waals surface area (Å²) in [6.07, 6.45) is 4.94. The van der Waals surface area contributed by atoms with E-state index < -0.39 is 0 Å². The van der Waals surface area contributed by atoms with Gasteiger partial charge in [0.05, 0.1) is 13.1 Å². The zero-order valence-corrected chi connectivity index (χ0v) is 12.3. The van der Waals surface area contributed by atoms with Crippen LogP contribution in [0.2, 0.25) is 0 Å². The molecule has 2 fully saturated rings. The van der Waals surface area contributed by atoms with Gasteiger partial charge in [0.2, 0.25) is 5.91 Å². The zero-order valence-electron chi connectivity index (χ0n) is 11.5. The van der Waals surface area contributed by atoms with Crippen molar-refractivity contribution < 1.29 is 4.79 Å². The number of fused-ring (bicyclic) bond motifs is 2. The number of amides is 1. The first kappa shape index (κ1) is 13.7. The summed E-state index contributed by atoms with van der Waals surface area (Å²) in [5, 5.41) is 5.11. The molecule has 0 aliphatic heterocycles. The molecule has 20 heavy (non-hydrogen) atoms. The van der Waals surface area contributed by atoms with E-state index in [1.165, 1.54) is 19.3 Å². The lowest BCUT2D eigenvalue weighted by atomic mass is 9.88. The van der Waals surface area contributed by atoms with Gasteiger partial charge in [-0.05, 0) is 42.5 Å². The van der Waals surface area contributed by atoms with E-state index in [1.807, 2.05) is 11.4 Å². The molecule has 1 amide bonds. The minimum atomic E-state index is 0.239. The highest BCUT2D eigenvalue weighted by atomic mass is 32.1.